The first kappa shape index (κ1) is 12.0. The molecule has 0 bridgehead atoms. The van der Waals surface area contributed by atoms with Gasteiger partial charge in [-0.05, 0) is 47.1 Å². The number of aromatic nitrogens is 4. The van der Waals surface area contributed by atoms with Crippen molar-refractivity contribution in [1.82, 2.24) is 19.7 Å². The molecule has 1 aromatic carbocycles. The molecule has 0 saturated heterocycles. The van der Waals surface area contributed by atoms with Crippen LogP contribution in [0.1, 0.15) is 5.82 Å². The number of benzene rings is 1. The van der Waals surface area contributed by atoms with E-state index in [1.54, 1.807) is 6.20 Å². The molecule has 2 heterocycles. The van der Waals surface area contributed by atoms with Crippen molar-refractivity contribution in [2.45, 2.75) is 6.92 Å². The van der Waals surface area contributed by atoms with Gasteiger partial charge in [-0.25, -0.2) is 14.6 Å². The average molecular weight is 315 g/mol. The number of halogens is 1. The molecule has 4 nitrogen and oxygen atoms in total. The van der Waals surface area contributed by atoms with Crippen molar-refractivity contribution in [2.24, 2.45) is 0 Å². The van der Waals surface area contributed by atoms with Crippen molar-refractivity contribution in [3.63, 3.8) is 0 Å². The molecule has 0 aliphatic rings. The fraction of sp³-hybridized carbons (Fsp3) is 0.0714. The number of aryl methyl sites for hydroxylation is 1. The highest BCUT2D eigenvalue weighted by atomic mass is 79.9. The minimum Gasteiger partial charge on any atom is -0.232 e. The highest BCUT2D eigenvalue weighted by molar-refractivity contribution is 9.10. The van der Waals surface area contributed by atoms with Gasteiger partial charge in [0.25, 0.3) is 0 Å². The van der Waals surface area contributed by atoms with E-state index in [1.165, 1.54) is 0 Å². The summed E-state index contributed by atoms with van der Waals surface area (Å²) >= 11 is 3.40. The molecule has 0 unspecified atom stereocenters. The Balaban J connectivity index is 2.15. The molecule has 5 heteroatoms. The van der Waals surface area contributed by atoms with Crippen LogP contribution in [-0.4, -0.2) is 19.7 Å². The van der Waals surface area contributed by atoms with E-state index in [2.05, 4.69) is 31.0 Å². The SMILES string of the molecule is Cc1nc(Br)cc(-c2ccnn2-c2ccccc2)n1. The highest BCUT2D eigenvalue weighted by Crippen LogP contribution is 2.22. The van der Waals surface area contributed by atoms with Crippen LogP contribution in [-0.2, 0) is 0 Å². The topological polar surface area (TPSA) is 43.6 Å². The van der Waals surface area contributed by atoms with E-state index < -0.39 is 0 Å². The smallest absolute Gasteiger partial charge is 0.127 e. The Morgan fingerprint density at radius 2 is 1.84 bits per heavy atom. The van der Waals surface area contributed by atoms with Crippen LogP contribution in [0.25, 0.3) is 17.1 Å². The molecule has 0 aliphatic carbocycles. The molecular formula is C14H11BrN4. The summed E-state index contributed by atoms with van der Waals surface area (Å²) in [6.45, 7) is 1.87. The van der Waals surface area contributed by atoms with Crippen LogP contribution in [0.15, 0.2) is 53.3 Å². The Labute approximate surface area is 119 Å². The molecule has 0 saturated carbocycles. The molecule has 2 aromatic heterocycles. The number of hydrogen-bond donors (Lipinski definition) is 0. The molecule has 0 radical (unpaired) electrons. The second-order valence-corrected chi connectivity index (χ2v) is 4.90. The summed E-state index contributed by atoms with van der Waals surface area (Å²) in [7, 11) is 0. The van der Waals surface area contributed by atoms with Crippen LogP contribution in [0.2, 0.25) is 0 Å². The molecule has 0 N–H and O–H groups in total. The van der Waals surface area contributed by atoms with E-state index in [4.69, 9.17) is 0 Å². The zero-order valence-electron chi connectivity index (χ0n) is 10.3. The van der Waals surface area contributed by atoms with Gasteiger partial charge in [-0.3, -0.25) is 0 Å². The lowest BCUT2D eigenvalue weighted by atomic mass is 10.2. The van der Waals surface area contributed by atoms with E-state index in [1.807, 2.05) is 54.1 Å². The van der Waals surface area contributed by atoms with Crippen molar-refractivity contribution >= 4 is 15.9 Å². The van der Waals surface area contributed by atoms with Gasteiger partial charge in [-0.2, -0.15) is 5.10 Å². The monoisotopic (exact) mass is 314 g/mol. The first-order valence-electron chi connectivity index (χ1n) is 5.85. The minimum absolute atomic E-state index is 0.727. The maximum atomic E-state index is 4.46. The van der Waals surface area contributed by atoms with Crippen molar-refractivity contribution < 1.29 is 0 Å². The number of nitrogens with zero attached hydrogens (tertiary/aromatic N) is 4. The van der Waals surface area contributed by atoms with Crippen molar-refractivity contribution in [3.8, 4) is 17.1 Å². The molecule has 3 aromatic rings. The lowest BCUT2D eigenvalue weighted by Gasteiger charge is -2.07. The van der Waals surface area contributed by atoms with E-state index in [-0.39, 0.29) is 0 Å². The van der Waals surface area contributed by atoms with E-state index in [0.717, 1.165) is 27.5 Å². The van der Waals surface area contributed by atoms with Gasteiger partial charge in [0.2, 0.25) is 0 Å². The number of hydrogen-bond acceptors (Lipinski definition) is 3. The van der Waals surface area contributed by atoms with Crippen LogP contribution in [0.3, 0.4) is 0 Å². The Morgan fingerprint density at radius 3 is 2.58 bits per heavy atom. The summed E-state index contributed by atoms with van der Waals surface area (Å²) in [4.78, 5) is 8.68. The van der Waals surface area contributed by atoms with Crippen LogP contribution in [0.4, 0.5) is 0 Å². The highest BCUT2D eigenvalue weighted by Gasteiger charge is 2.10. The maximum absolute atomic E-state index is 4.46. The Bertz CT molecular complexity index is 686. The first-order chi connectivity index (χ1) is 9.24. The second-order valence-electron chi connectivity index (χ2n) is 4.09. The van der Waals surface area contributed by atoms with E-state index >= 15 is 0 Å². The molecular weight excluding hydrogens is 304 g/mol. The summed E-state index contributed by atoms with van der Waals surface area (Å²) in [5, 5.41) is 4.36. The molecule has 0 atom stereocenters. The molecule has 3 rings (SSSR count). The average Bonchev–Trinajstić information content (AvgIpc) is 2.88. The van der Waals surface area contributed by atoms with Gasteiger partial charge < -0.3 is 0 Å². The van der Waals surface area contributed by atoms with Gasteiger partial charge in [-0.15, -0.1) is 0 Å². The van der Waals surface area contributed by atoms with Gasteiger partial charge >= 0.3 is 0 Å². The standard InChI is InChI=1S/C14H11BrN4/c1-10-17-12(9-14(15)18-10)13-7-8-16-19(13)11-5-3-2-4-6-11/h2-9H,1H3. The molecule has 19 heavy (non-hydrogen) atoms. The van der Waals surface area contributed by atoms with Gasteiger partial charge in [-0.1, -0.05) is 18.2 Å². The van der Waals surface area contributed by atoms with Gasteiger partial charge in [0, 0.05) is 0 Å². The predicted molar refractivity (Wildman–Crippen MR) is 77.0 cm³/mol. The summed E-state index contributed by atoms with van der Waals surface area (Å²) in [5.41, 5.74) is 2.80. The Hall–Kier alpha value is -2.01. The van der Waals surface area contributed by atoms with Crippen LogP contribution in [0.5, 0.6) is 0 Å². The lowest BCUT2D eigenvalue weighted by molar-refractivity contribution is 0.880. The molecule has 94 valence electrons. The van der Waals surface area contributed by atoms with Crippen LogP contribution in [0, 0.1) is 6.92 Å². The minimum atomic E-state index is 0.727. The van der Waals surface area contributed by atoms with E-state index in [9.17, 15) is 0 Å². The zero-order valence-corrected chi connectivity index (χ0v) is 11.9. The van der Waals surface area contributed by atoms with Crippen molar-refractivity contribution in [2.75, 3.05) is 0 Å². The van der Waals surface area contributed by atoms with Gasteiger partial charge in [0.1, 0.15) is 10.4 Å². The molecule has 0 fully saturated rings. The number of rotatable bonds is 2. The normalized spacial score (nSPS) is 10.6. The molecule has 0 spiro atoms. The molecule has 0 aliphatic heterocycles. The van der Waals surface area contributed by atoms with Crippen LogP contribution >= 0.6 is 15.9 Å². The fourth-order valence-electron chi connectivity index (χ4n) is 1.93. The Kier molecular flexibility index (Phi) is 3.13. The third-order valence-electron chi connectivity index (χ3n) is 2.71. The summed E-state index contributed by atoms with van der Waals surface area (Å²) in [6, 6.07) is 13.8. The second kappa shape index (κ2) is 4.93. The third-order valence-corrected chi connectivity index (χ3v) is 3.12. The Morgan fingerprint density at radius 1 is 1.05 bits per heavy atom. The largest absolute Gasteiger partial charge is 0.232 e. The van der Waals surface area contributed by atoms with Crippen LogP contribution < -0.4 is 0 Å². The summed E-state index contributed by atoms with van der Waals surface area (Å²) in [5.74, 6) is 0.727. The van der Waals surface area contributed by atoms with Crippen molar-refractivity contribution in [3.05, 3.63) is 59.1 Å². The fourth-order valence-corrected chi connectivity index (χ4v) is 2.41. The summed E-state index contributed by atoms with van der Waals surface area (Å²) in [6.07, 6.45) is 1.77. The summed E-state index contributed by atoms with van der Waals surface area (Å²) < 4.78 is 2.64. The van der Waals surface area contributed by atoms with Crippen molar-refractivity contribution in [1.29, 1.82) is 0 Å². The zero-order chi connectivity index (χ0) is 13.2. The quantitative estimate of drug-likeness (QED) is 0.681. The lowest BCUT2D eigenvalue weighted by Crippen LogP contribution is -2.01. The number of para-hydroxylation sites is 1. The van der Waals surface area contributed by atoms with Gasteiger partial charge in [0.05, 0.1) is 23.3 Å². The van der Waals surface area contributed by atoms with Gasteiger partial charge in [0.15, 0.2) is 0 Å². The predicted octanol–water partition coefficient (Wildman–Crippen LogP) is 3.40. The maximum Gasteiger partial charge on any atom is 0.127 e. The first-order valence-corrected chi connectivity index (χ1v) is 6.64. The molecule has 0 amide bonds. The van der Waals surface area contributed by atoms with E-state index in [0.29, 0.717) is 0 Å². The third kappa shape index (κ3) is 2.42.